The van der Waals surface area contributed by atoms with Gasteiger partial charge in [-0.3, -0.25) is 0 Å². The van der Waals surface area contributed by atoms with Gasteiger partial charge in [-0.25, -0.2) is 4.39 Å². The molecule has 0 atom stereocenters. The molecule has 0 aliphatic heterocycles. The minimum absolute atomic E-state index is 0.0723. The zero-order valence-electron chi connectivity index (χ0n) is 15.0. The zero-order valence-corrected chi connectivity index (χ0v) is 17.3. The van der Waals surface area contributed by atoms with Crippen LogP contribution in [0.2, 0.25) is 15.1 Å². The Morgan fingerprint density at radius 1 is 0.857 bits per heavy atom. The number of benzene rings is 3. The molecule has 2 nitrogen and oxygen atoms in total. The average Bonchev–Trinajstić information content (AvgIpc) is 2.67. The summed E-state index contributed by atoms with van der Waals surface area (Å²) >= 11 is 18.2. The molecule has 0 heterocycles. The van der Waals surface area contributed by atoms with Crippen molar-refractivity contribution in [2.45, 2.75) is 19.6 Å². The summed E-state index contributed by atoms with van der Waals surface area (Å²) in [7, 11) is 0. The summed E-state index contributed by atoms with van der Waals surface area (Å²) in [4.78, 5) is 0. The van der Waals surface area contributed by atoms with Crippen LogP contribution in [0, 0.1) is 5.82 Å². The van der Waals surface area contributed by atoms with Gasteiger partial charge in [-0.1, -0.05) is 65.1 Å². The fourth-order valence-corrected chi connectivity index (χ4v) is 3.50. The molecule has 0 spiro atoms. The number of hydrogen-bond donors (Lipinski definition) is 1. The maximum absolute atomic E-state index is 13.9. The van der Waals surface area contributed by atoms with Gasteiger partial charge in [-0.15, -0.1) is 0 Å². The van der Waals surface area contributed by atoms with E-state index < -0.39 is 0 Å². The van der Waals surface area contributed by atoms with Crippen molar-refractivity contribution in [1.29, 1.82) is 0 Å². The Kier molecular flexibility index (Phi) is 7.57. The molecular formula is C22H19Cl3FNO. The standard InChI is InChI=1S/C22H19Cl3FNO/c23-17-9-8-15(20(25)12-17)10-11-27-13-16-4-1-2-7-22(16)28-14-18-19(24)5-3-6-21(18)26/h1-9,12,27H,10-11,13-14H2. The lowest BCUT2D eigenvalue weighted by atomic mass is 10.1. The second-order valence-corrected chi connectivity index (χ2v) is 7.51. The van der Waals surface area contributed by atoms with E-state index in [9.17, 15) is 4.39 Å². The predicted molar refractivity (Wildman–Crippen MR) is 114 cm³/mol. The average molecular weight is 439 g/mol. The fraction of sp³-hybridized carbons (Fsp3) is 0.182. The topological polar surface area (TPSA) is 21.3 Å². The van der Waals surface area contributed by atoms with Crippen LogP contribution in [0.1, 0.15) is 16.7 Å². The second-order valence-electron chi connectivity index (χ2n) is 6.26. The third kappa shape index (κ3) is 5.62. The van der Waals surface area contributed by atoms with Crippen molar-refractivity contribution in [3.8, 4) is 5.75 Å². The summed E-state index contributed by atoms with van der Waals surface area (Å²) < 4.78 is 19.8. The molecule has 0 radical (unpaired) electrons. The predicted octanol–water partition coefficient (Wildman–Crippen LogP) is 6.70. The fourth-order valence-electron chi connectivity index (χ4n) is 2.78. The Morgan fingerprint density at radius 3 is 2.46 bits per heavy atom. The van der Waals surface area contributed by atoms with Crippen LogP contribution >= 0.6 is 34.8 Å². The largest absolute Gasteiger partial charge is 0.488 e. The van der Waals surface area contributed by atoms with Crippen LogP contribution < -0.4 is 10.1 Å². The Balaban J connectivity index is 1.56. The van der Waals surface area contributed by atoms with Gasteiger partial charge in [0.25, 0.3) is 0 Å². The van der Waals surface area contributed by atoms with E-state index in [0.717, 1.165) is 24.1 Å². The number of halogens is 4. The van der Waals surface area contributed by atoms with Gasteiger partial charge in [-0.05, 0) is 48.9 Å². The van der Waals surface area contributed by atoms with Crippen molar-refractivity contribution in [2.24, 2.45) is 0 Å². The molecule has 0 bridgehead atoms. The summed E-state index contributed by atoms with van der Waals surface area (Å²) in [5.41, 5.74) is 2.37. The van der Waals surface area contributed by atoms with E-state index in [1.807, 2.05) is 36.4 Å². The first kappa shape index (κ1) is 20.9. The van der Waals surface area contributed by atoms with Crippen molar-refractivity contribution < 1.29 is 9.13 Å². The Labute approximate surface area is 179 Å². The number of rotatable bonds is 8. The van der Waals surface area contributed by atoms with Crippen molar-refractivity contribution in [3.05, 3.63) is 98.2 Å². The molecule has 0 saturated carbocycles. The molecule has 6 heteroatoms. The monoisotopic (exact) mass is 437 g/mol. The molecule has 3 aromatic carbocycles. The van der Waals surface area contributed by atoms with Crippen LogP contribution in [0.5, 0.6) is 5.75 Å². The van der Waals surface area contributed by atoms with Crippen LogP contribution in [0.4, 0.5) is 4.39 Å². The SMILES string of the molecule is Fc1cccc(Cl)c1COc1ccccc1CNCCc1ccc(Cl)cc1Cl. The van der Waals surface area contributed by atoms with Gasteiger partial charge in [0.05, 0.1) is 5.02 Å². The Hall–Kier alpha value is -1.78. The highest BCUT2D eigenvalue weighted by molar-refractivity contribution is 6.35. The summed E-state index contributed by atoms with van der Waals surface area (Å²) in [5, 5.41) is 5.03. The number of ether oxygens (including phenoxy) is 1. The quantitative estimate of drug-likeness (QED) is 0.395. The molecule has 0 aliphatic carbocycles. The molecule has 0 aliphatic rings. The lowest BCUT2D eigenvalue weighted by Gasteiger charge is -2.13. The highest BCUT2D eigenvalue weighted by Crippen LogP contribution is 2.24. The molecule has 0 unspecified atom stereocenters. The van der Waals surface area contributed by atoms with Gasteiger partial charge in [0.1, 0.15) is 18.2 Å². The first-order valence-electron chi connectivity index (χ1n) is 8.83. The van der Waals surface area contributed by atoms with Gasteiger partial charge in [-0.2, -0.15) is 0 Å². The van der Waals surface area contributed by atoms with Crippen molar-refractivity contribution in [1.82, 2.24) is 5.32 Å². The molecule has 146 valence electrons. The minimum atomic E-state index is -0.372. The molecule has 0 aromatic heterocycles. The van der Waals surface area contributed by atoms with Gasteiger partial charge in [0.15, 0.2) is 0 Å². The number of para-hydroxylation sites is 1. The van der Waals surface area contributed by atoms with Crippen LogP contribution in [0.15, 0.2) is 60.7 Å². The molecule has 0 amide bonds. The van der Waals surface area contributed by atoms with Crippen LogP contribution in [-0.2, 0) is 19.6 Å². The van der Waals surface area contributed by atoms with Gasteiger partial charge in [0, 0.05) is 27.7 Å². The van der Waals surface area contributed by atoms with E-state index in [-0.39, 0.29) is 12.4 Å². The molecule has 3 rings (SSSR count). The smallest absolute Gasteiger partial charge is 0.131 e. The van der Waals surface area contributed by atoms with Crippen molar-refractivity contribution >= 4 is 34.8 Å². The Bertz CT molecular complexity index is 929. The third-order valence-corrected chi connectivity index (χ3v) is 5.25. The van der Waals surface area contributed by atoms with Gasteiger partial charge < -0.3 is 10.1 Å². The van der Waals surface area contributed by atoms with Gasteiger partial charge in [0.2, 0.25) is 0 Å². The molecular weight excluding hydrogens is 420 g/mol. The maximum Gasteiger partial charge on any atom is 0.131 e. The highest BCUT2D eigenvalue weighted by atomic mass is 35.5. The molecule has 3 aromatic rings. The minimum Gasteiger partial charge on any atom is -0.488 e. The first-order valence-corrected chi connectivity index (χ1v) is 9.96. The van der Waals surface area contributed by atoms with Crippen molar-refractivity contribution in [2.75, 3.05) is 6.54 Å². The molecule has 28 heavy (non-hydrogen) atoms. The molecule has 1 N–H and O–H groups in total. The first-order chi connectivity index (χ1) is 13.5. The summed E-state index contributed by atoms with van der Waals surface area (Å²) in [5.74, 6) is 0.321. The lowest BCUT2D eigenvalue weighted by Crippen LogP contribution is -2.17. The van der Waals surface area contributed by atoms with E-state index in [0.29, 0.717) is 32.9 Å². The summed E-state index contributed by atoms with van der Waals surface area (Å²) in [6.07, 6.45) is 0.782. The van der Waals surface area contributed by atoms with E-state index in [1.54, 1.807) is 18.2 Å². The van der Waals surface area contributed by atoms with Crippen LogP contribution in [0.3, 0.4) is 0 Å². The maximum atomic E-state index is 13.9. The lowest BCUT2D eigenvalue weighted by molar-refractivity contribution is 0.296. The molecule has 0 saturated heterocycles. The number of nitrogens with one attached hydrogen (secondary N) is 1. The van der Waals surface area contributed by atoms with Crippen molar-refractivity contribution in [3.63, 3.8) is 0 Å². The van der Waals surface area contributed by atoms with E-state index in [4.69, 9.17) is 39.5 Å². The Morgan fingerprint density at radius 2 is 1.68 bits per heavy atom. The van der Waals surface area contributed by atoms with E-state index in [2.05, 4.69) is 5.32 Å². The highest BCUT2D eigenvalue weighted by Gasteiger charge is 2.09. The normalized spacial score (nSPS) is 10.9. The second kappa shape index (κ2) is 10.1. The van der Waals surface area contributed by atoms with E-state index in [1.165, 1.54) is 6.07 Å². The summed E-state index contributed by atoms with van der Waals surface area (Å²) in [6, 6.07) is 17.8. The van der Waals surface area contributed by atoms with E-state index >= 15 is 0 Å². The zero-order chi connectivity index (χ0) is 19.9. The molecule has 0 fully saturated rings. The summed E-state index contributed by atoms with van der Waals surface area (Å²) in [6.45, 7) is 1.43. The number of hydrogen-bond acceptors (Lipinski definition) is 2. The van der Waals surface area contributed by atoms with Crippen LogP contribution in [-0.4, -0.2) is 6.54 Å². The van der Waals surface area contributed by atoms with Crippen LogP contribution in [0.25, 0.3) is 0 Å². The third-order valence-electron chi connectivity index (χ3n) is 4.31. The van der Waals surface area contributed by atoms with Gasteiger partial charge >= 0.3 is 0 Å².